The molecule has 2 rings (SSSR count). The van der Waals surface area contributed by atoms with Crippen molar-refractivity contribution in [2.45, 2.75) is 39.5 Å². The summed E-state index contributed by atoms with van der Waals surface area (Å²) in [6.07, 6.45) is -9.45. The Morgan fingerprint density at radius 3 is 2.00 bits per heavy atom. The molecule has 0 fully saturated rings. The smallest absolute Gasteiger partial charge is 0.289 e. The lowest BCUT2D eigenvalue weighted by atomic mass is 9.96. The topological polar surface area (TPSA) is 17.1 Å². The molecule has 0 bridgehead atoms. The van der Waals surface area contributed by atoms with Crippen molar-refractivity contribution in [2.24, 2.45) is 0 Å². The fourth-order valence-electron chi connectivity index (χ4n) is 2.81. The molecule has 0 aliphatic heterocycles. The van der Waals surface area contributed by atoms with Crippen LogP contribution in [0.5, 0.6) is 0 Å². The maximum atomic E-state index is 13.4. The normalized spacial score (nSPS) is 12.3. The van der Waals surface area contributed by atoms with Gasteiger partial charge in [-0.1, -0.05) is 19.1 Å². The van der Waals surface area contributed by atoms with Crippen LogP contribution in [0, 0.1) is 13.8 Å². The van der Waals surface area contributed by atoms with Gasteiger partial charge >= 0.3 is 12.4 Å². The molecule has 0 atom stereocenters. The maximum Gasteiger partial charge on any atom is 0.417 e. The molecule has 26 heavy (non-hydrogen) atoms. The van der Waals surface area contributed by atoms with Gasteiger partial charge < -0.3 is 0 Å². The molecule has 0 amide bonds. The second-order valence-corrected chi connectivity index (χ2v) is 6.02. The maximum absolute atomic E-state index is 13.4. The monoisotopic (exact) mass is 374 g/mol. The fourth-order valence-corrected chi connectivity index (χ4v) is 2.81. The summed E-state index contributed by atoms with van der Waals surface area (Å²) in [5.74, 6) is 0. The molecule has 0 aliphatic rings. The summed E-state index contributed by atoms with van der Waals surface area (Å²) in [6.45, 7) is 4.79. The van der Waals surface area contributed by atoms with Crippen molar-refractivity contribution in [3.8, 4) is 11.1 Å². The van der Waals surface area contributed by atoms with E-state index >= 15 is 0 Å². The molecule has 1 nitrogen and oxygen atoms in total. The van der Waals surface area contributed by atoms with Crippen molar-refractivity contribution in [3.63, 3.8) is 0 Å². The highest BCUT2D eigenvalue weighted by molar-refractivity contribution is 5.70. The third kappa shape index (κ3) is 3.92. The van der Waals surface area contributed by atoms with E-state index < -0.39 is 29.0 Å². The first kappa shape index (κ1) is 20.0. The van der Waals surface area contributed by atoms with E-state index in [9.17, 15) is 31.1 Å². The highest BCUT2D eigenvalue weighted by atomic mass is 19.4. The summed E-state index contributed by atoms with van der Waals surface area (Å²) in [4.78, 5) is 12.2. The highest BCUT2D eigenvalue weighted by Crippen LogP contribution is 2.41. The van der Waals surface area contributed by atoms with E-state index in [4.69, 9.17) is 0 Å². The third-order valence-electron chi connectivity index (χ3n) is 4.23. The summed E-state index contributed by atoms with van der Waals surface area (Å²) in [5, 5.41) is 0. The predicted molar refractivity (Wildman–Crippen MR) is 87.0 cm³/mol. The fraction of sp³-hybridized carbons (Fsp3) is 0.316. The first-order chi connectivity index (χ1) is 11.9. The number of rotatable bonds is 2. The Balaban J connectivity index is 2.87. The van der Waals surface area contributed by atoms with Gasteiger partial charge in [-0.2, -0.15) is 26.3 Å². The lowest BCUT2D eigenvalue weighted by Crippen LogP contribution is -2.12. The van der Waals surface area contributed by atoms with Crippen LogP contribution < -0.4 is 5.43 Å². The summed E-state index contributed by atoms with van der Waals surface area (Å²) in [6, 6.07) is 4.24. The molecule has 0 saturated heterocycles. The zero-order valence-corrected chi connectivity index (χ0v) is 14.3. The number of aryl methyl sites for hydroxylation is 2. The van der Waals surface area contributed by atoms with Crippen LogP contribution in [0.2, 0.25) is 0 Å². The van der Waals surface area contributed by atoms with Gasteiger partial charge in [0.05, 0.1) is 11.1 Å². The van der Waals surface area contributed by atoms with Crippen molar-refractivity contribution in [1.82, 2.24) is 0 Å². The molecule has 0 N–H and O–H groups in total. The Labute approximate surface area is 146 Å². The minimum absolute atomic E-state index is 0.0607. The van der Waals surface area contributed by atoms with Crippen LogP contribution in [0.4, 0.5) is 26.3 Å². The number of benzene rings is 1. The Bertz CT molecular complexity index is 894. The molecule has 0 unspecified atom stereocenters. The number of halogens is 6. The highest BCUT2D eigenvalue weighted by Gasteiger charge is 2.38. The zero-order valence-electron chi connectivity index (χ0n) is 14.3. The van der Waals surface area contributed by atoms with Gasteiger partial charge in [0.25, 0.3) is 0 Å². The van der Waals surface area contributed by atoms with Crippen LogP contribution in [0.15, 0.2) is 35.1 Å². The Hall–Kier alpha value is -2.31. The van der Waals surface area contributed by atoms with Gasteiger partial charge in [0.15, 0.2) is 5.43 Å². The van der Waals surface area contributed by atoms with Crippen LogP contribution in [0.1, 0.15) is 34.7 Å². The van der Waals surface area contributed by atoms with Crippen LogP contribution in [0.25, 0.3) is 11.1 Å². The largest absolute Gasteiger partial charge is 0.417 e. The molecule has 0 saturated carbocycles. The van der Waals surface area contributed by atoms with Gasteiger partial charge in [-0.25, -0.2) is 0 Å². The quantitative estimate of drug-likeness (QED) is 0.596. The molecule has 2 aromatic rings. The van der Waals surface area contributed by atoms with E-state index in [1.165, 1.54) is 19.1 Å². The van der Waals surface area contributed by atoms with Gasteiger partial charge in [-0.3, -0.25) is 4.79 Å². The van der Waals surface area contributed by atoms with E-state index in [-0.39, 0.29) is 22.6 Å². The molecule has 0 aromatic heterocycles. The minimum atomic E-state index is -4.97. The van der Waals surface area contributed by atoms with Gasteiger partial charge in [0.2, 0.25) is 0 Å². The molecular weight excluding hydrogens is 358 g/mol. The van der Waals surface area contributed by atoms with Crippen molar-refractivity contribution < 1.29 is 26.3 Å². The Kier molecular flexibility index (Phi) is 5.21. The average molecular weight is 374 g/mol. The second kappa shape index (κ2) is 6.78. The second-order valence-electron chi connectivity index (χ2n) is 6.02. The number of hydrogen-bond donors (Lipinski definition) is 0. The van der Waals surface area contributed by atoms with Crippen molar-refractivity contribution in [3.05, 3.63) is 68.4 Å². The first-order valence-electron chi connectivity index (χ1n) is 7.79. The van der Waals surface area contributed by atoms with Gasteiger partial charge in [-0.05, 0) is 66.3 Å². The molecule has 0 aliphatic carbocycles. The standard InChI is InChI=1S/C19H16F6O/c1-4-12-8-13(7-10(2)17(26)11(12)3)15-6-5-14(18(20,21)22)9-16(15)19(23,24)25/h5-9H,4H2,1-3H3. The molecule has 7 heteroatoms. The molecular formula is C19H16F6O. The lowest BCUT2D eigenvalue weighted by molar-refractivity contribution is -0.142. The number of alkyl halides is 6. The van der Waals surface area contributed by atoms with E-state index in [2.05, 4.69) is 0 Å². The average Bonchev–Trinajstić information content (AvgIpc) is 2.64. The predicted octanol–water partition coefficient (Wildman–Crippen LogP) is 5.93. The number of hydrogen-bond acceptors (Lipinski definition) is 1. The van der Waals surface area contributed by atoms with Crippen molar-refractivity contribution in [1.29, 1.82) is 0 Å². The van der Waals surface area contributed by atoms with E-state index in [0.29, 0.717) is 23.6 Å². The molecule has 2 aromatic carbocycles. The van der Waals surface area contributed by atoms with E-state index in [1.54, 1.807) is 13.8 Å². The van der Waals surface area contributed by atoms with Crippen molar-refractivity contribution >= 4 is 0 Å². The van der Waals surface area contributed by atoms with Gasteiger partial charge in [0.1, 0.15) is 0 Å². The van der Waals surface area contributed by atoms with Crippen LogP contribution in [-0.4, -0.2) is 0 Å². The zero-order chi connectivity index (χ0) is 19.9. The Morgan fingerprint density at radius 1 is 0.885 bits per heavy atom. The first-order valence-corrected chi connectivity index (χ1v) is 7.79. The molecule has 0 spiro atoms. The summed E-state index contributed by atoms with van der Waals surface area (Å²) in [5.41, 5.74) is -2.20. The summed E-state index contributed by atoms with van der Waals surface area (Å²) >= 11 is 0. The lowest BCUT2D eigenvalue weighted by Gasteiger charge is -2.16. The Morgan fingerprint density at radius 2 is 1.50 bits per heavy atom. The molecule has 0 heterocycles. The SMILES string of the molecule is CCc1cc(-c2ccc(C(F)(F)F)cc2C(F)(F)F)cc(C)c(=O)c1C. The van der Waals surface area contributed by atoms with Crippen LogP contribution >= 0.6 is 0 Å². The summed E-state index contributed by atoms with van der Waals surface area (Å²) < 4.78 is 78.7. The van der Waals surface area contributed by atoms with Crippen LogP contribution in [-0.2, 0) is 18.8 Å². The minimum Gasteiger partial charge on any atom is -0.289 e. The summed E-state index contributed by atoms with van der Waals surface area (Å²) in [7, 11) is 0. The molecule has 0 radical (unpaired) electrons. The van der Waals surface area contributed by atoms with E-state index in [0.717, 1.165) is 6.07 Å². The molecule has 140 valence electrons. The van der Waals surface area contributed by atoms with Crippen molar-refractivity contribution in [2.75, 3.05) is 0 Å². The van der Waals surface area contributed by atoms with Crippen LogP contribution in [0.3, 0.4) is 0 Å². The third-order valence-corrected chi connectivity index (χ3v) is 4.23. The van der Waals surface area contributed by atoms with Gasteiger partial charge in [-0.15, -0.1) is 0 Å². The van der Waals surface area contributed by atoms with Gasteiger partial charge in [0, 0.05) is 0 Å². The van der Waals surface area contributed by atoms with E-state index in [1.807, 2.05) is 0 Å².